The second-order valence-electron chi connectivity index (χ2n) is 5.20. The molecule has 1 saturated heterocycles. The van der Waals surface area contributed by atoms with E-state index in [-0.39, 0.29) is 18.2 Å². The van der Waals surface area contributed by atoms with Gasteiger partial charge in [-0.3, -0.25) is 0 Å². The van der Waals surface area contributed by atoms with Gasteiger partial charge in [0.05, 0.1) is 18.9 Å². The molecule has 5 heteroatoms. The summed E-state index contributed by atoms with van der Waals surface area (Å²) in [5, 5.41) is 2.92. The van der Waals surface area contributed by atoms with E-state index < -0.39 is 0 Å². The summed E-state index contributed by atoms with van der Waals surface area (Å²) in [6.07, 6.45) is 3.86. The fraction of sp³-hybridized carbons (Fsp3) is 0.643. The van der Waals surface area contributed by atoms with Crippen LogP contribution in [0.15, 0.2) is 22.8 Å². The highest BCUT2D eigenvalue weighted by Crippen LogP contribution is 2.15. The minimum atomic E-state index is -0.0677. The number of rotatable bonds is 5. The molecule has 1 aliphatic rings. The second-order valence-corrected chi connectivity index (χ2v) is 5.20. The van der Waals surface area contributed by atoms with Crippen molar-refractivity contribution in [3.63, 3.8) is 0 Å². The highest BCUT2D eigenvalue weighted by molar-refractivity contribution is 5.74. The summed E-state index contributed by atoms with van der Waals surface area (Å²) in [5.41, 5.74) is 0. The quantitative estimate of drug-likeness (QED) is 0.890. The molecule has 2 heterocycles. The van der Waals surface area contributed by atoms with Crippen LogP contribution in [0.3, 0.4) is 0 Å². The summed E-state index contributed by atoms with van der Waals surface area (Å²) in [4.78, 5) is 13.9. The zero-order valence-electron chi connectivity index (χ0n) is 11.6. The number of hydrogen-bond donors (Lipinski definition) is 1. The number of ether oxygens (including phenoxy) is 1. The highest BCUT2D eigenvalue weighted by Gasteiger charge is 2.23. The van der Waals surface area contributed by atoms with E-state index in [2.05, 4.69) is 5.32 Å². The van der Waals surface area contributed by atoms with E-state index in [1.807, 2.05) is 26.0 Å². The Morgan fingerprint density at radius 2 is 2.42 bits per heavy atom. The third-order valence-electron chi connectivity index (χ3n) is 3.07. The van der Waals surface area contributed by atoms with Gasteiger partial charge in [0.25, 0.3) is 0 Å². The maximum atomic E-state index is 12.2. The maximum Gasteiger partial charge on any atom is 0.318 e. The van der Waals surface area contributed by atoms with Crippen molar-refractivity contribution in [2.24, 2.45) is 0 Å². The molecule has 5 nitrogen and oxygen atoms in total. The Balaban J connectivity index is 1.96. The SMILES string of the molecule is CC(C)NC(=O)N(Cc1ccco1)C[C@H]1CCCO1. The summed E-state index contributed by atoms with van der Waals surface area (Å²) in [5.74, 6) is 0.789. The summed E-state index contributed by atoms with van der Waals surface area (Å²) >= 11 is 0. The lowest BCUT2D eigenvalue weighted by molar-refractivity contribution is 0.0773. The van der Waals surface area contributed by atoms with Crippen LogP contribution in [0.1, 0.15) is 32.4 Å². The van der Waals surface area contributed by atoms with E-state index in [9.17, 15) is 4.79 Å². The Kier molecular flexibility index (Phi) is 4.85. The van der Waals surface area contributed by atoms with E-state index in [1.54, 1.807) is 11.2 Å². The minimum Gasteiger partial charge on any atom is -0.467 e. The molecule has 1 aromatic heterocycles. The average Bonchev–Trinajstić information content (AvgIpc) is 2.99. The average molecular weight is 266 g/mol. The fourth-order valence-corrected chi connectivity index (χ4v) is 2.18. The molecule has 1 aliphatic heterocycles. The first-order chi connectivity index (χ1) is 9.15. The van der Waals surface area contributed by atoms with Gasteiger partial charge < -0.3 is 19.4 Å². The standard InChI is InChI=1S/C14H22N2O3/c1-11(2)15-14(17)16(9-12-5-3-7-18-12)10-13-6-4-8-19-13/h3,5,7,11,13H,4,6,8-10H2,1-2H3,(H,15,17)/t13-/m1/s1. The molecule has 1 aromatic rings. The van der Waals surface area contributed by atoms with Crippen molar-refractivity contribution >= 4 is 6.03 Å². The van der Waals surface area contributed by atoms with Crippen LogP contribution >= 0.6 is 0 Å². The van der Waals surface area contributed by atoms with Gasteiger partial charge in [0, 0.05) is 19.2 Å². The van der Waals surface area contributed by atoms with Gasteiger partial charge in [0.15, 0.2) is 0 Å². The minimum absolute atomic E-state index is 0.0677. The molecule has 19 heavy (non-hydrogen) atoms. The smallest absolute Gasteiger partial charge is 0.318 e. The Hall–Kier alpha value is -1.49. The third-order valence-corrected chi connectivity index (χ3v) is 3.07. The monoisotopic (exact) mass is 266 g/mol. The number of furan rings is 1. The molecule has 0 saturated carbocycles. The Bertz CT molecular complexity index is 383. The van der Waals surface area contributed by atoms with Crippen molar-refractivity contribution in [1.82, 2.24) is 10.2 Å². The highest BCUT2D eigenvalue weighted by atomic mass is 16.5. The van der Waals surface area contributed by atoms with Crippen LogP contribution in [0.2, 0.25) is 0 Å². The molecule has 0 aliphatic carbocycles. The van der Waals surface area contributed by atoms with Gasteiger partial charge in [-0.2, -0.15) is 0 Å². The van der Waals surface area contributed by atoms with E-state index in [0.717, 1.165) is 25.2 Å². The third kappa shape index (κ3) is 4.28. The fourth-order valence-electron chi connectivity index (χ4n) is 2.18. The molecule has 1 fully saturated rings. The molecule has 1 atom stereocenters. The predicted octanol–water partition coefficient (Wildman–Crippen LogP) is 2.38. The van der Waals surface area contributed by atoms with Crippen LogP contribution < -0.4 is 5.32 Å². The molecule has 106 valence electrons. The van der Waals surface area contributed by atoms with Crippen molar-refractivity contribution < 1.29 is 13.9 Å². The number of nitrogens with one attached hydrogen (secondary N) is 1. The van der Waals surface area contributed by atoms with Gasteiger partial charge in [-0.1, -0.05) is 0 Å². The first-order valence-corrected chi connectivity index (χ1v) is 6.84. The van der Waals surface area contributed by atoms with E-state index in [1.165, 1.54) is 0 Å². The molecule has 0 spiro atoms. The maximum absolute atomic E-state index is 12.2. The summed E-state index contributed by atoms with van der Waals surface area (Å²) in [6.45, 7) is 5.79. The number of amides is 2. The van der Waals surface area contributed by atoms with Crippen LogP contribution in [-0.2, 0) is 11.3 Å². The number of urea groups is 1. The van der Waals surface area contributed by atoms with Gasteiger partial charge in [-0.25, -0.2) is 4.79 Å². The summed E-state index contributed by atoms with van der Waals surface area (Å²) in [7, 11) is 0. The molecule has 2 rings (SSSR count). The number of carbonyl (C=O) groups is 1. The Morgan fingerprint density at radius 1 is 1.58 bits per heavy atom. The lowest BCUT2D eigenvalue weighted by Crippen LogP contribution is -2.45. The molecule has 1 N–H and O–H groups in total. The van der Waals surface area contributed by atoms with Crippen LogP contribution in [0, 0.1) is 0 Å². The van der Waals surface area contributed by atoms with Gasteiger partial charge in [0.1, 0.15) is 5.76 Å². The first kappa shape index (κ1) is 13.9. The van der Waals surface area contributed by atoms with Crippen LogP contribution in [0.4, 0.5) is 4.79 Å². The number of nitrogens with zero attached hydrogens (tertiary/aromatic N) is 1. The molecular weight excluding hydrogens is 244 g/mol. The van der Waals surface area contributed by atoms with Crippen LogP contribution in [0.25, 0.3) is 0 Å². The molecular formula is C14H22N2O3. The molecule has 0 aromatic carbocycles. The molecule has 0 bridgehead atoms. The number of carbonyl (C=O) groups excluding carboxylic acids is 1. The van der Waals surface area contributed by atoms with E-state index >= 15 is 0 Å². The van der Waals surface area contributed by atoms with Crippen molar-refractivity contribution in [2.75, 3.05) is 13.2 Å². The van der Waals surface area contributed by atoms with Crippen molar-refractivity contribution in [1.29, 1.82) is 0 Å². The topological polar surface area (TPSA) is 54.7 Å². The lowest BCUT2D eigenvalue weighted by Gasteiger charge is -2.25. The lowest BCUT2D eigenvalue weighted by atomic mass is 10.2. The second kappa shape index (κ2) is 6.61. The van der Waals surface area contributed by atoms with E-state index in [4.69, 9.17) is 9.15 Å². The zero-order chi connectivity index (χ0) is 13.7. The Labute approximate surface area is 113 Å². The largest absolute Gasteiger partial charge is 0.467 e. The number of hydrogen-bond acceptors (Lipinski definition) is 3. The molecule has 0 unspecified atom stereocenters. The van der Waals surface area contributed by atoms with Gasteiger partial charge in [0.2, 0.25) is 0 Å². The van der Waals surface area contributed by atoms with Gasteiger partial charge in [-0.05, 0) is 38.8 Å². The predicted molar refractivity (Wildman–Crippen MR) is 71.8 cm³/mol. The van der Waals surface area contributed by atoms with E-state index in [0.29, 0.717) is 13.1 Å². The summed E-state index contributed by atoms with van der Waals surface area (Å²) in [6, 6.07) is 3.77. The van der Waals surface area contributed by atoms with Crippen molar-refractivity contribution in [3.8, 4) is 0 Å². The van der Waals surface area contributed by atoms with Crippen molar-refractivity contribution in [3.05, 3.63) is 24.2 Å². The van der Waals surface area contributed by atoms with Gasteiger partial charge in [-0.15, -0.1) is 0 Å². The summed E-state index contributed by atoms with van der Waals surface area (Å²) < 4.78 is 10.9. The normalized spacial score (nSPS) is 18.8. The first-order valence-electron chi connectivity index (χ1n) is 6.84. The van der Waals surface area contributed by atoms with Gasteiger partial charge >= 0.3 is 6.03 Å². The Morgan fingerprint density at radius 3 is 3.00 bits per heavy atom. The van der Waals surface area contributed by atoms with Crippen molar-refractivity contribution in [2.45, 2.75) is 45.4 Å². The van der Waals surface area contributed by atoms with Crippen LogP contribution in [0.5, 0.6) is 0 Å². The zero-order valence-corrected chi connectivity index (χ0v) is 11.6. The molecule has 2 amide bonds. The molecule has 0 radical (unpaired) electrons. The van der Waals surface area contributed by atoms with Crippen LogP contribution in [-0.4, -0.2) is 36.2 Å².